The minimum Gasteiger partial charge on any atom is -0.457 e. The highest BCUT2D eigenvalue weighted by molar-refractivity contribution is 7.00. The van der Waals surface area contributed by atoms with Crippen LogP contribution in [-0.4, -0.2) is 6.71 Å². The van der Waals surface area contributed by atoms with Crippen LogP contribution in [0.25, 0.3) is 0 Å². The molecule has 2 aliphatic heterocycles. The van der Waals surface area contributed by atoms with E-state index in [1.165, 1.54) is 33.5 Å². The maximum Gasteiger partial charge on any atom is 0.252 e. The van der Waals surface area contributed by atoms with Crippen LogP contribution in [0.1, 0.15) is 0 Å². The molecule has 0 saturated carbocycles. The molecule has 0 fully saturated rings. The maximum absolute atomic E-state index is 6.33. The summed E-state index contributed by atoms with van der Waals surface area (Å²) in [7, 11) is 0. The predicted molar refractivity (Wildman–Crippen MR) is 167 cm³/mol. The normalized spacial score (nSPS) is 12.8. The van der Waals surface area contributed by atoms with E-state index in [2.05, 4.69) is 131 Å². The number of hydrogen-bond acceptors (Lipinski definition) is 3. The van der Waals surface area contributed by atoms with E-state index in [0.29, 0.717) is 0 Å². The van der Waals surface area contributed by atoms with Gasteiger partial charge in [0.1, 0.15) is 11.5 Å². The molecule has 0 unspecified atom stereocenters. The Bertz CT molecular complexity index is 1840. The van der Waals surface area contributed by atoms with Crippen molar-refractivity contribution in [3.05, 3.63) is 152 Å². The number of rotatable bonds is 4. The quantitative estimate of drug-likeness (QED) is 0.226. The molecule has 0 N–H and O–H groups in total. The highest BCUT2D eigenvalue weighted by Crippen LogP contribution is 2.44. The summed E-state index contributed by atoms with van der Waals surface area (Å²) in [4.78, 5) is 4.80. The summed E-state index contributed by atoms with van der Waals surface area (Å²) in [5, 5.41) is 0. The lowest BCUT2D eigenvalue weighted by Gasteiger charge is -2.44. The van der Waals surface area contributed by atoms with Crippen LogP contribution in [0.5, 0.6) is 11.5 Å². The number of fused-ring (bicyclic) bond motifs is 4. The summed E-state index contributed by atoms with van der Waals surface area (Å²) in [6.07, 6.45) is 0. The minimum atomic E-state index is 0.100. The van der Waals surface area contributed by atoms with Gasteiger partial charge in [-0.2, -0.15) is 0 Å². The highest BCUT2D eigenvalue weighted by atomic mass is 16.5. The monoisotopic (exact) mass is 512 g/mol. The number of nitrogens with zero attached hydrogens (tertiary/aromatic N) is 2. The van der Waals surface area contributed by atoms with Crippen LogP contribution in [0.4, 0.5) is 34.1 Å². The molecule has 0 amide bonds. The van der Waals surface area contributed by atoms with Crippen molar-refractivity contribution in [1.82, 2.24) is 0 Å². The van der Waals surface area contributed by atoms with E-state index in [1.807, 2.05) is 30.3 Å². The number of anilines is 6. The summed E-state index contributed by atoms with van der Waals surface area (Å²) < 4.78 is 6.33. The average molecular weight is 512 g/mol. The fraction of sp³-hybridized carbons (Fsp3) is 0. The second kappa shape index (κ2) is 9.21. The molecule has 0 saturated heterocycles. The molecule has 0 spiro atoms. The van der Waals surface area contributed by atoms with Crippen LogP contribution in [0.15, 0.2) is 152 Å². The number of benzene rings is 6. The molecule has 0 radical (unpaired) electrons. The van der Waals surface area contributed by atoms with Gasteiger partial charge in [-0.1, -0.05) is 84.9 Å². The standard InChI is InChI=1S/C36H25BN2O/c1-4-13-26(14-5-1)38-32-20-11-10-19-30(32)37-31-24-23-29(40-28-17-8-3-9-18-28)25-35(31)39(27-15-6-2-7-16-27)34-22-12-21-33(38)36(34)37/h1-25H. The lowest BCUT2D eigenvalue weighted by molar-refractivity contribution is 0.483. The van der Waals surface area contributed by atoms with Crippen molar-refractivity contribution in [2.45, 2.75) is 0 Å². The van der Waals surface area contributed by atoms with Crippen LogP contribution in [0, 0.1) is 0 Å². The van der Waals surface area contributed by atoms with Crippen molar-refractivity contribution in [2.75, 3.05) is 9.80 Å². The zero-order chi connectivity index (χ0) is 26.5. The molecule has 6 aromatic rings. The van der Waals surface area contributed by atoms with Gasteiger partial charge in [-0.05, 0) is 77.1 Å². The molecular weight excluding hydrogens is 487 g/mol. The Kier molecular flexibility index (Phi) is 5.24. The van der Waals surface area contributed by atoms with Crippen molar-refractivity contribution in [3.63, 3.8) is 0 Å². The minimum absolute atomic E-state index is 0.100. The third kappa shape index (κ3) is 3.54. The summed E-state index contributed by atoms with van der Waals surface area (Å²) in [5.41, 5.74) is 10.9. The first-order valence-corrected chi connectivity index (χ1v) is 13.7. The first-order chi connectivity index (χ1) is 19.9. The van der Waals surface area contributed by atoms with E-state index in [4.69, 9.17) is 4.74 Å². The molecule has 6 aromatic carbocycles. The molecule has 188 valence electrons. The van der Waals surface area contributed by atoms with Crippen molar-refractivity contribution in [3.8, 4) is 11.5 Å². The number of para-hydroxylation sites is 4. The van der Waals surface area contributed by atoms with Gasteiger partial charge < -0.3 is 14.5 Å². The number of hydrogen-bond donors (Lipinski definition) is 0. The van der Waals surface area contributed by atoms with Gasteiger partial charge in [0.2, 0.25) is 0 Å². The largest absolute Gasteiger partial charge is 0.457 e. The Morgan fingerprint density at radius 1 is 0.400 bits per heavy atom. The molecule has 0 aromatic heterocycles. The Balaban J connectivity index is 1.39. The zero-order valence-corrected chi connectivity index (χ0v) is 21.8. The van der Waals surface area contributed by atoms with Crippen LogP contribution in [0.3, 0.4) is 0 Å². The second-order valence-corrected chi connectivity index (χ2v) is 10.2. The van der Waals surface area contributed by atoms with Gasteiger partial charge >= 0.3 is 0 Å². The molecule has 2 aliphatic rings. The summed E-state index contributed by atoms with van der Waals surface area (Å²) in [5.74, 6) is 1.65. The van der Waals surface area contributed by atoms with Gasteiger partial charge in [-0.25, -0.2) is 0 Å². The summed E-state index contributed by atoms with van der Waals surface area (Å²) in [6.45, 7) is 0.100. The topological polar surface area (TPSA) is 15.7 Å². The van der Waals surface area contributed by atoms with Gasteiger partial charge in [0.25, 0.3) is 6.71 Å². The lowest BCUT2D eigenvalue weighted by Crippen LogP contribution is -2.61. The van der Waals surface area contributed by atoms with E-state index in [1.54, 1.807) is 0 Å². The van der Waals surface area contributed by atoms with E-state index >= 15 is 0 Å². The first kappa shape index (κ1) is 22.7. The van der Waals surface area contributed by atoms with Crippen LogP contribution >= 0.6 is 0 Å². The van der Waals surface area contributed by atoms with E-state index in [0.717, 1.165) is 28.6 Å². The van der Waals surface area contributed by atoms with Crippen molar-refractivity contribution < 1.29 is 4.74 Å². The highest BCUT2D eigenvalue weighted by Gasteiger charge is 2.42. The van der Waals surface area contributed by atoms with Crippen LogP contribution < -0.4 is 30.9 Å². The molecule has 40 heavy (non-hydrogen) atoms. The molecule has 0 atom stereocenters. The molecule has 3 nitrogen and oxygen atoms in total. The van der Waals surface area contributed by atoms with Crippen molar-refractivity contribution in [2.24, 2.45) is 0 Å². The molecule has 8 rings (SSSR count). The van der Waals surface area contributed by atoms with Gasteiger partial charge in [0.15, 0.2) is 0 Å². The van der Waals surface area contributed by atoms with Crippen LogP contribution in [-0.2, 0) is 0 Å². The molecule has 2 heterocycles. The predicted octanol–water partition coefficient (Wildman–Crippen LogP) is 7.56. The Hall–Kier alpha value is -5.22. The fourth-order valence-electron chi connectivity index (χ4n) is 6.26. The molecule has 4 heteroatoms. The van der Waals surface area contributed by atoms with Gasteiger partial charge in [-0.15, -0.1) is 0 Å². The van der Waals surface area contributed by atoms with Gasteiger partial charge in [0, 0.05) is 40.2 Å². The van der Waals surface area contributed by atoms with E-state index in [9.17, 15) is 0 Å². The summed E-state index contributed by atoms with van der Waals surface area (Å²) in [6, 6.07) is 53.4. The van der Waals surface area contributed by atoms with Crippen molar-refractivity contribution >= 4 is 57.2 Å². The third-order valence-electron chi connectivity index (χ3n) is 7.88. The van der Waals surface area contributed by atoms with Crippen molar-refractivity contribution in [1.29, 1.82) is 0 Å². The lowest BCUT2D eigenvalue weighted by atomic mass is 9.33. The van der Waals surface area contributed by atoms with E-state index < -0.39 is 0 Å². The van der Waals surface area contributed by atoms with E-state index in [-0.39, 0.29) is 6.71 Å². The number of ether oxygens (including phenoxy) is 1. The second-order valence-electron chi connectivity index (χ2n) is 10.2. The summed E-state index contributed by atoms with van der Waals surface area (Å²) >= 11 is 0. The smallest absolute Gasteiger partial charge is 0.252 e. The molecular formula is C36H25BN2O. The van der Waals surface area contributed by atoms with Gasteiger partial charge in [0.05, 0.1) is 0 Å². The van der Waals surface area contributed by atoms with Crippen LogP contribution in [0.2, 0.25) is 0 Å². The first-order valence-electron chi connectivity index (χ1n) is 13.7. The Morgan fingerprint density at radius 2 is 0.925 bits per heavy atom. The maximum atomic E-state index is 6.33. The third-order valence-corrected chi connectivity index (χ3v) is 7.88. The zero-order valence-electron chi connectivity index (χ0n) is 21.8. The molecule has 0 bridgehead atoms. The van der Waals surface area contributed by atoms with Gasteiger partial charge in [-0.3, -0.25) is 0 Å². The SMILES string of the molecule is c1ccc(Oc2ccc3c(c2)N(c2ccccc2)c2cccc4c2B3c2ccccc2N4c2ccccc2)cc1. The fourth-order valence-corrected chi connectivity index (χ4v) is 6.26. The Morgan fingerprint density at radius 3 is 1.60 bits per heavy atom. The molecule has 0 aliphatic carbocycles. The Labute approximate surface area is 234 Å². The average Bonchev–Trinajstić information content (AvgIpc) is 3.02.